The summed E-state index contributed by atoms with van der Waals surface area (Å²) in [7, 11) is 0. The van der Waals surface area contributed by atoms with Crippen LogP contribution in [0.5, 0.6) is 11.5 Å². The van der Waals surface area contributed by atoms with Crippen molar-refractivity contribution in [3.63, 3.8) is 0 Å². The Labute approximate surface area is 273 Å². The van der Waals surface area contributed by atoms with Crippen LogP contribution in [-0.2, 0) is 6.42 Å². The number of unbranched alkanes of at least 4 members (excludes halogenated alkanes) is 4. The van der Waals surface area contributed by atoms with Crippen molar-refractivity contribution < 1.29 is 75.3 Å². The SMILES string of the molecule is CCCCCCCc1ccc(-c2cnc(-c3ccc4c(c3)OC(C(F)(F)C(F)(F)C(F)(F)C(F)(F)C(F)(F)C(F)(F)C(F)(F)F)O4)nc2)cc1. The number of aromatic nitrogens is 2. The zero-order valence-corrected chi connectivity index (χ0v) is 25.4. The molecule has 1 atom stereocenters. The Morgan fingerprint density at radius 2 is 1.04 bits per heavy atom. The lowest BCUT2D eigenvalue weighted by atomic mass is 9.91. The van der Waals surface area contributed by atoms with Crippen molar-refractivity contribution in [2.45, 2.75) is 93.5 Å². The van der Waals surface area contributed by atoms with Crippen LogP contribution in [0.4, 0.5) is 65.9 Å². The van der Waals surface area contributed by atoms with Crippen molar-refractivity contribution in [1.29, 1.82) is 0 Å². The molecule has 1 aliphatic rings. The second kappa shape index (κ2) is 13.3. The summed E-state index contributed by atoms with van der Waals surface area (Å²) in [5, 5.41) is 0. The molecule has 50 heavy (non-hydrogen) atoms. The molecule has 1 aliphatic heterocycles. The highest BCUT2D eigenvalue weighted by atomic mass is 19.4. The van der Waals surface area contributed by atoms with Gasteiger partial charge in [0.25, 0.3) is 0 Å². The van der Waals surface area contributed by atoms with Gasteiger partial charge in [-0.1, -0.05) is 56.9 Å². The minimum Gasteiger partial charge on any atom is -0.445 e. The Bertz CT molecular complexity index is 1630. The molecule has 19 heteroatoms. The molecule has 0 spiro atoms. The second-order valence-corrected chi connectivity index (χ2v) is 11.4. The van der Waals surface area contributed by atoms with Crippen LogP contribution in [0.3, 0.4) is 0 Å². The summed E-state index contributed by atoms with van der Waals surface area (Å²) in [6.45, 7) is 2.12. The number of fused-ring (bicyclic) bond motifs is 1. The molecule has 0 N–H and O–H groups in total. The van der Waals surface area contributed by atoms with Gasteiger partial charge in [0, 0.05) is 23.5 Å². The van der Waals surface area contributed by atoms with E-state index in [1.165, 1.54) is 18.8 Å². The normalized spacial score (nSPS) is 16.2. The third-order valence-corrected chi connectivity index (χ3v) is 7.83. The number of hydrogen-bond acceptors (Lipinski definition) is 4. The highest BCUT2D eigenvalue weighted by Crippen LogP contribution is 2.63. The molecule has 276 valence electrons. The molecule has 2 heterocycles. The van der Waals surface area contributed by atoms with Crippen molar-refractivity contribution in [3.05, 3.63) is 60.4 Å². The number of halogens is 15. The summed E-state index contributed by atoms with van der Waals surface area (Å²) in [5.74, 6) is -49.5. The van der Waals surface area contributed by atoms with Crippen LogP contribution in [-0.4, -0.2) is 58.0 Å². The molecule has 0 saturated carbocycles. The third-order valence-electron chi connectivity index (χ3n) is 7.83. The topological polar surface area (TPSA) is 44.2 Å². The molecule has 0 aliphatic carbocycles. The van der Waals surface area contributed by atoms with Crippen LogP contribution in [0.2, 0.25) is 0 Å². The lowest BCUT2D eigenvalue weighted by Crippen LogP contribution is -2.74. The van der Waals surface area contributed by atoms with Crippen molar-refractivity contribution in [2.24, 2.45) is 0 Å². The van der Waals surface area contributed by atoms with Gasteiger partial charge in [0.15, 0.2) is 17.3 Å². The summed E-state index contributed by atoms with van der Waals surface area (Å²) in [4.78, 5) is 8.21. The van der Waals surface area contributed by atoms with Gasteiger partial charge in [0.2, 0.25) is 0 Å². The Balaban J connectivity index is 1.50. The van der Waals surface area contributed by atoms with E-state index in [4.69, 9.17) is 0 Å². The van der Waals surface area contributed by atoms with Crippen molar-refractivity contribution >= 4 is 0 Å². The van der Waals surface area contributed by atoms with Gasteiger partial charge in [-0.15, -0.1) is 0 Å². The lowest BCUT2D eigenvalue weighted by Gasteiger charge is -2.41. The van der Waals surface area contributed by atoms with Crippen LogP contribution >= 0.6 is 0 Å². The molecule has 0 saturated heterocycles. The fourth-order valence-corrected chi connectivity index (χ4v) is 4.79. The molecule has 1 unspecified atom stereocenters. The Morgan fingerprint density at radius 3 is 1.60 bits per heavy atom. The van der Waals surface area contributed by atoms with Crippen molar-refractivity contribution in [3.8, 4) is 34.0 Å². The zero-order chi connectivity index (χ0) is 37.6. The van der Waals surface area contributed by atoms with Gasteiger partial charge in [0.1, 0.15) is 0 Å². The maximum absolute atomic E-state index is 14.7. The summed E-state index contributed by atoms with van der Waals surface area (Å²) >= 11 is 0. The maximum Gasteiger partial charge on any atom is 0.460 e. The van der Waals surface area contributed by atoms with Gasteiger partial charge in [-0.05, 0) is 42.2 Å². The highest BCUT2D eigenvalue weighted by Gasteiger charge is 2.94. The molecule has 0 fully saturated rings. The summed E-state index contributed by atoms with van der Waals surface area (Å²) in [6.07, 6.45) is -2.47. The average molecular weight is 743 g/mol. The van der Waals surface area contributed by atoms with Gasteiger partial charge in [-0.25, -0.2) is 9.97 Å². The van der Waals surface area contributed by atoms with E-state index in [9.17, 15) is 65.9 Å². The van der Waals surface area contributed by atoms with E-state index in [1.54, 1.807) is 0 Å². The molecule has 0 radical (unpaired) electrons. The van der Waals surface area contributed by atoms with E-state index in [1.807, 2.05) is 24.3 Å². The fraction of sp³-hybridized carbons (Fsp3) is 0.484. The summed E-state index contributed by atoms with van der Waals surface area (Å²) in [5.41, 5.74) is 2.31. The summed E-state index contributed by atoms with van der Waals surface area (Å²) in [6, 6.07) is 10.1. The van der Waals surface area contributed by atoms with Crippen LogP contribution in [0.15, 0.2) is 54.9 Å². The lowest BCUT2D eigenvalue weighted by molar-refractivity contribution is -0.457. The number of hydrogen-bond donors (Lipinski definition) is 0. The van der Waals surface area contributed by atoms with E-state index in [0.717, 1.165) is 61.4 Å². The molecule has 0 amide bonds. The van der Waals surface area contributed by atoms with E-state index < -0.39 is 59.5 Å². The molecule has 0 bridgehead atoms. The van der Waals surface area contributed by atoms with Crippen LogP contribution in [0, 0.1) is 0 Å². The van der Waals surface area contributed by atoms with Crippen molar-refractivity contribution in [2.75, 3.05) is 0 Å². The smallest absolute Gasteiger partial charge is 0.445 e. The Kier molecular flexibility index (Phi) is 10.4. The molecule has 4 rings (SSSR count). The molecular formula is C31H25F15N2O2. The first-order valence-corrected chi connectivity index (χ1v) is 14.7. The van der Waals surface area contributed by atoms with Gasteiger partial charge < -0.3 is 9.47 Å². The fourth-order valence-electron chi connectivity index (χ4n) is 4.79. The first-order chi connectivity index (χ1) is 22.9. The maximum atomic E-state index is 14.7. The summed E-state index contributed by atoms with van der Waals surface area (Å²) < 4.78 is 213. The molecule has 3 aromatic rings. The van der Waals surface area contributed by atoms with Crippen LogP contribution in [0.25, 0.3) is 22.5 Å². The van der Waals surface area contributed by atoms with Crippen LogP contribution in [0.1, 0.15) is 44.6 Å². The second-order valence-electron chi connectivity index (χ2n) is 11.4. The monoisotopic (exact) mass is 742 g/mol. The van der Waals surface area contributed by atoms with E-state index in [2.05, 4.69) is 26.4 Å². The highest BCUT2D eigenvalue weighted by molar-refractivity contribution is 5.66. The number of benzene rings is 2. The van der Waals surface area contributed by atoms with Crippen LogP contribution < -0.4 is 9.47 Å². The third kappa shape index (κ3) is 6.51. The van der Waals surface area contributed by atoms with E-state index >= 15 is 0 Å². The van der Waals surface area contributed by atoms with Crippen molar-refractivity contribution in [1.82, 2.24) is 9.97 Å². The number of ether oxygens (including phenoxy) is 2. The zero-order valence-electron chi connectivity index (χ0n) is 25.4. The first kappa shape index (κ1) is 38.9. The molecule has 4 nitrogen and oxygen atoms in total. The average Bonchev–Trinajstić information content (AvgIpc) is 3.49. The molecule has 1 aromatic heterocycles. The minimum absolute atomic E-state index is 0.0704. The van der Waals surface area contributed by atoms with Gasteiger partial charge >= 0.3 is 48.0 Å². The standard InChI is InChI=1S/C31H25F15N2O2/c1-2-3-4-5-6-7-17-8-10-18(11-9-17)20-15-47-23(48-16-20)19-12-13-21-22(14-19)50-24(49-21)25(32,33)26(34,35)27(36,37)28(38,39)29(40,41)30(42,43)31(44,45)46/h8-16,24H,2-7H2,1H3. The number of alkyl halides is 15. The predicted molar refractivity (Wildman–Crippen MR) is 146 cm³/mol. The van der Waals surface area contributed by atoms with E-state index in [-0.39, 0.29) is 11.4 Å². The quantitative estimate of drug-likeness (QED) is 0.122. The predicted octanol–water partition coefficient (Wildman–Crippen LogP) is 10.8. The van der Waals surface area contributed by atoms with Gasteiger partial charge in [-0.2, -0.15) is 65.9 Å². The Morgan fingerprint density at radius 1 is 0.540 bits per heavy atom. The van der Waals surface area contributed by atoms with E-state index in [0.29, 0.717) is 5.56 Å². The number of nitrogens with zero attached hydrogens (tertiary/aromatic N) is 2. The van der Waals surface area contributed by atoms with Gasteiger partial charge in [0.05, 0.1) is 0 Å². The van der Waals surface area contributed by atoms with Gasteiger partial charge in [-0.3, -0.25) is 0 Å². The molecule has 2 aromatic carbocycles. The number of rotatable bonds is 14. The number of aryl methyl sites for hydroxylation is 1. The largest absolute Gasteiger partial charge is 0.460 e. The molecular weight excluding hydrogens is 717 g/mol. The Hall–Kier alpha value is -3.93. The minimum atomic E-state index is -8.41. The first-order valence-electron chi connectivity index (χ1n) is 14.7.